The monoisotopic (exact) mass is 270 g/mol. The zero-order valence-electron chi connectivity index (χ0n) is 9.28. The Morgan fingerprint density at radius 1 is 1.41 bits per heavy atom. The van der Waals surface area contributed by atoms with Crippen LogP contribution in [0.25, 0.3) is 0 Å². The second-order valence-corrected chi connectivity index (χ2v) is 5.55. The van der Waals surface area contributed by atoms with E-state index in [0.29, 0.717) is 10.6 Å². The summed E-state index contributed by atoms with van der Waals surface area (Å²) in [4.78, 5) is 0.817. The van der Waals surface area contributed by atoms with Gasteiger partial charge in [0.1, 0.15) is 11.4 Å². The molecule has 1 nitrogen and oxygen atoms in total. The van der Waals surface area contributed by atoms with Gasteiger partial charge in [0.05, 0.1) is 0 Å². The molecule has 0 amide bonds. The molecule has 90 valence electrons. The van der Waals surface area contributed by atoms with E-state index in [2.05, 4.69) is 0 Å². The van der Waals surface area contributed by atoms with Gasteiger partial charge in [0.25, 0.3) is 0 Å². The first-order chi connectivity index (χ1) is 7.99. The fourth-order valence-electron chi connectivity index (χ4n) is 1.72. The molecule has 0 radical (unpaired) electrons. The van der Waals surface area contributed by atoms with Crippen molar-refractivity contribution in [3.63, 3.8) is 0 Å². The first-order valence-electron chi connectivity index (χ1n) is 5.19. The maximum Gasteiger partial charge on any atom is 0.126 e. The number of halogens is 2. The maximum absolute atomic E-state index is 13.6. The number of hydrogen-bond acceptors (Lipinski definition) is 2. The summed E-state index contributed by atoms with van der Waals surface area (Å²) in [5, 5.41) is 12.7. The Bertz CT molecular complexity index is 508. The molecule has 0 aliphatic rings. The highest BCUT2D eigenvalue weighted by molar-refractivity contribution is 7.10. The van der Waals surface area contributed by atoms with E-state index in [1.807, 2.05) is 17.5 Å². The fourth-order valence-corrected chi connectivity index (χ4v) is 2.70. The lowest BCUT2D eigenvalue weighted by molar-refractivity contribution is 0.0605. The Kier molecular flexibility index (Phi) is 3.52. The van der Waals surface area contributed by atoms with Crippen LogP contribution in [0.4, 0.5) is 4.39 Å². The molecule has 1 unspecified atom stereocenters. The molecule has 0 aliphatic carbocycles. The number of aliphatic hydroxyl groups is 1. The van der Waals surface area contributed by atoms with E-state index in [4.69, 9.17) is 11.6 Å². The van der Waals surface area contributed by atoms with Gasteiger partial charge in [-0.3, -0.25) is 0 Å². The van der Waals surface area contributed by atoms with Crippen molar-refractivity contribution in [1.82, 2.24) is 0 Å². The van der Waals surface area contributed by atoms with E-state index in [9.17, 15) is 9.50 Å². The van der Waals surface area contributed by atoms with Gasteiger partial charge in [-0.05, 0) is 42.1 Å². The number of thiophene rings is 1. The van der Waals surface area contributed by atoms with E-state index in [0.717, 1.165) is 4.88 Å². The molecule has 1 aromatic heterocycles. The Labute approximate surface area is 108 Å². The molecule has 0 fully saturated rings. The zero-order valence-corrected chi connectivity index (χ0v) is 10.9. The van der Waals surface area contributed by atoms with Gasteiger partial charge in [0, 0.05) is 16.3 Å². The molecule has 4 heteroatoms. The van der Waals surface area contributed by atoms with Gasteiger partial charge >= 0.3 is 0 Å². The molecule has 1 N–H and O–H groups in total. The standard InChI is InChI=1S/C13H12ClFOS/c1-13(16,12-3-2-6-17-12)8-9-7-10(14)4-5-11(9)15/h2-7,16H,8H2,1H3. The van der Waals surface area contributed by atoms with E-state index >= 15 is 0 Å². The predicted molar refractivity (Wildman–Crippen MR) is 69.0 cm³/mol. The molecular formula is C13H12ClFOS. The molecule has 0 spiro atoms. The highest BCUT2D eigenvalue weighted by atomic mass is 35.5. The number of benzene rings is 1. The smallest absolute Gasteiger partial charge is 0.126 e. The third-order valence-corrected chi connectivity index (χ3v) is 3.95. The van der Waals surface area contributed by atoms with Crippen LogP contribution in [0.1, 0.15) is 17.4 Å². The van der Waals surface area contributed by atoms with Gasteiger partial charge in [0.2, 0.25) is 0 Å². The highest BCUT2D eigenvalue weighted by Crippen LogP contribution is 2.30. The third-order valence-electron chi connectivity index (χ3n) is 2.59. The molecule has 2 aromatic rings. The first-order valence-corrected chi connectivity index (χ1v) is 6.45. The topological polar surface area (TPSA) is 20.2 Å². The van der Waals surface area contributed by atoms with Crippen molar-refractivity contribution < 1.29 is 9.50 Å². The van der Waals surface area contributed by atoms with Crippen molar-refractivity contribution in [3.05, 3.63) is 57.0 Å². The predicted octanol–water partition coefficient (Wildman–Crippen LogP) is 3.99. The largest absolute Gasteiger partial charge is 0.384 e. The van der Waals surface area contributed by atoms with Crippen LogP contribution >= 0.6 is 22.9 Å². The van der Waals surface area contributed by atoms with E-state index in [-0.39, 0.29) is 12.2 Å². The molecule has 1 atom stereocenters. The van der Waals surface area contributed by atoms with Crippen LogP contribution in [0, 0.1) is 5.82 Å². The summed E-state index contributed by atoms with van der Waals surface area (Å²) < 4.78 is 13.6. The summed E-state index contributed by atoms with van der Waals surface area (Å²) in [5.41, 5.74) is -0.643. The molecule has 0 bridgehead atoms. The quantitative estimate of drug-likeness (QED) is 0.894. The van der Waals surface area contributed by atoms with Crippen LogP contribution in [0.2, 0.25) is 5.02 Å². The van der Waals surface area contributed by atoms with Crippen LogP contribution < -0.4 is 0 Å². The average Bonchev–Trinajstić information content (AvgIpc) is 2.77. The Balaban J connectivity index is 2.29. The summed E-state index contributed by atoms with van der Waals surface area (Å²) >= 11 is 7.28. The molecule has 0 saturated carbocycles. The second kappa shape index (κ2) is 4.77. The minimum atomic E-state index is -1.07. The second-order valence-electron chi connectivity index (χ2n) is 4.16. The maximum atomic E-state index is 13.6. The van der Waals surface area contributed by atoms with Crippen LogP contribution in [0.5, 0.6) is 0 Å². The summed E-state index contributed by atoms with van der Waals surface area (Å²) in [6.45, 7) is 1.68. The van der Waals surface area contributed by atoms with Gasteiger partial charge in [-0.15, -0.1) is 11.3 Å². The summed E-state index contributed by atoms with van der Waals surface area (Å²) in [5.74, 6) is -0.341. The minimum Gasteiger partial charge on any atom is -0.384 e. The van der Waals surface area contributed by atoms with E-state index in [1.165, 1.54) is 23.5 Å². The molecule has 0 aliphatic heterocycles. The average molecular weight is 271 g/mol. The van der Waals surface area contributed by atoms with Crippen LogP contribution in [-0.4, -0.2) is 5.11 Å². The lowest BCUT2D eigenvalue weighted by Gasteiger charge is -2.22. The van der Waals surface area contributed by atoms with Crippen molar-refractivity contribution in [2.75, 3.05) is 0 Å². The lowest BCUT2D eigenvalue weighted by atomic mass is 9.95. The van der Waals surface area contributed by atoms with Crippen LogP contribution in [0.3, 0.4) is 0 Å². The van der Waals surface area contributed by atoms with Crippen LogP contribution in [0.15, 0.2) is 35.7 Å². The Morgan fingerprint density at radius 3 is 2.82 bits per heavy atom. The zero-order chi connectivity index (χ0) is 12.5. The summed E-state index contributed by atoms with van der Waals surface area (Å²) in [7, 11) is 0. The first kappa shape index (κ1) is 12.6. The molecule has 1 heterocycles. The Hall–Kier alpha value is -0.900. The summed E-state index contributed by atoms with van der Waals surface area (Å²) in [6.07, 6.45) is 0.208. The van der Waals surface area contributed by atoms with Crippen LogP contribution in [-0.2, 0) is 12.0 Å². The van der Waals surface area contributed by atoms with Crippen molar-refractivity contribution >= 4 is 22.9 Å². The molecular weight excluding hydrogens is 259 g/mol. The number of rotatable bonds is 3. The summed E-state index contributed by atoms with van der Waals surface area (Å²) in [6, 6.07) is 8.08. The lowest BCUT2D eigenvalue weighted by Crippen LogP contribution is -2.23. The molecule has 1 aromatic carbocycles. The van der Waals surface area contributed by atoms with Crippen molar-refractivity contribution in [2.24, 2.45) is 0 Å². The van der Waals surface area contributed by atoms with Gasteiger partial charge in [-0.1, -0.05) is 17.7 Å². The molecule has 17 heavy (non-hydrogen) atoms. The van der Waals surface area contributed by atoms with Crippen molar-refractivity contribution in [2.45, 2.75) is 18.9 Å². The normalized spacial score (nSPS) is 14.6. The minimum absolute atomic E-state index is 0.208. The van der Waals surface area contributed by atoms with Gasteiger partial charge in [-0.25, -0.2) is 4.39 Å². The Morgan fingerprint density at radius 2 is 2.18 bits per heavy atom. The van der Waals surface area contributed by atoms with Gasteiger partial charge in [-0.2, -0.15) is 0 Å². The third kappa shape index (κ3) is 2.86. The van der Waals surface area contributed by atoms with E-state index < -0.39 is 5.60 Å². The van der Waals surface area contributed by atoms with Gasteiger partial charge < -0.3 is 5.11 Å². The van der Waals surface area contributed by atoms with Crippen molar-refractivity contribution in [3.8, 4) is 0 Å². The SMILES string of the molecule is CC(O)(Cc1cc(Cl)ccc1F)c1cccs1. The molecule has 0 saturated heterocycles. The van der Waals surface area contributed by atoms with Crippen molar-refractivity contribution in [1.29, 1.82) is 0 Å². The number of hydrogen-bond donors (Lipinski definition) is 1. The van der Waals surface area contributed by atoms with Gasteiger partial charge in [0.15, 0.2) is 0 Å². The molecule has 2 rings (SSSR count). The van der Waals surface area contributed by atoms with E-state index in [1.54, 1.807) is 13.0 Å². The fraction of sp³-hybridized carbons (Fsp3) is 0.231. The highest BCUT2D eigenvalue weighted by Gasteiger charge is 2.26.